The molecule has 1 saturated heterocycles. The van der Waals surface area contributed by atoms with Gasteiger partial charge in [0.25, 0.3) is 5.71 Å². The third-order valence-corrected chi connectivity index (χ3v) is 5.78. The number of methoxy groups -OCH3 is 1. The van der Waals surface area contributed by atoms with Gasteiger partial charge in [-0.15, -0.1) is 0 Å². The molecule has 30 heavy (non-hydrogen) atoms. The minimum atomic E-state index is 0.0381. The van der Waals surface area contributed by atoms with Crippen molar-refractivity contribution in [2.24, 2.45) is 5.92 Å². The summed E-state index contributed by atoms with van der Waals surface area (Å²) in [4.78, 5) is 23.5. The van der Waals surface area contributed by atoms with E-state index in [1.165, 1.54) is 6.33 Å². The second-order valence-corrected chi connectivity index (χ2v) is 7.72. The number of rotatable bonds is 6. The van der Waals surface area contributed by atoms with Gasteiger partial charge < -0.3 is 19.5 Å². The summed E-state index contributed by atoms with van der Waals surface area (Å²) in [7, 11) is 1.64. The Morgan fingerprint density at radius 1 is 1.27 bits per heavy atom. The van der Waals surface area contributed by atoms with E-state index in [2.05, 4.69) is 32.3 Å². The fourth-order valence-electron chi connectivity index (χ4n) is 3.77. The Balaban J connectivity index is 1.56. The van der Waals surface area contributed by atoms with Crippen molar-refractivity contribution in [1.82, 2.24) is 20.4 Å². The van der Waals surface area contributed by atoms with Crippen molar-refractivity contribution in [2.75, 3.05) is 25.1 Å². The Morgan fingerprint density at radius 2 is 2.00 bits per heavy atom. The van der Waals surface area contributed by atoms with Gasteiger partial charge in [0.15, 0.2) is 0 Å². The number of aromatic nitrogens is 3. The molecule has 0 radical (unpaired) electrons. The van der Waals surface area contributed by atoms with E-state index in [0.29, 0.717) is 11.4 Å². The predicted octanol–water partition coefficient (Wildman–Crippen LogP) is 3.42. The number of fused-ring (bicyclic) bond motifs is 1. The number of carbonyl (C=O) groups is 1. The highest BCUT2D eigenvalue weighted by atomic mass is 16.5. The van der Waals surface area contributed by atoms with Crippen molar-refractivity contribution in [2.45, 2.75) is 39.2 Å². The smallest absolute Gasteiger partial charge is 0.263 e. The van der Waals surface area contributed by atoms with Gasteiger partial charge in [0.1, 0.15) is 29.0 Å². The van der Waals surface area contributed by atoms with E-state index in [1.54, 1.807) is 7.11 Å². The average Bonchev–Trinajstić information content (AvgIpc) is 3.23. The zero-order valence-corrected chi connectivity index (χ0v) is 17.6. The van der Waals surface area contributed by atoms with Crippen LogP contribution in [-0.2, 0) is 4.79 Å². The van der Waals surface area contributed by atoms with Crippen LogP contribution in [0.1, 0.15) is 33.1 Å². The summed E-state index contributed by atoms with van der Waals surface area (Å²) in [5.74, 6) is 1.77. The molecular formula is C22H27N5O3. The highest BCUT2D eigenvalue weighted by Gasteiger charge is 2.28. The largest absolute Gasteiger partial charge is 0.497 e. The number of hydrogen-bond acceptors (Lipinski definition) is 7. The number of carbonyl (C=O) groups excluding carboxylic acids is 1. The topological polar surface area (TPSA) is 93.4 Å². The van der Waals surface area contributed by atoms with Gasteiger partial charge in [-0.1, -0.05) is 12.1 Å². The zero-order valence-electron chi connectivity index (χ0n) is 17.6. The lowest BCUT2D eigenvalue weighted by Crippen LogP contribution is -2.43. The number of piperidine rings is 1. The molecule has 0 saturated carbocycles. The van der Waals surface area contributed by atoms with Crippen molar-refractivity contribution >= 4 is 22.8 Å². The van der Waals surface area contributed by atoms with Crippen molar-refractivity contribution in [3.8, 4) is 17.0 Å². The molecule has 1 aromatic carbocycles. The number of hydrogen-bond donors (Lipinski definition) is 1. The van der Waals surface area contributed by atoms with E-state index in [-0.39, 0.29) is 17.9 Å². The summed E-state index contributed by atoms with van der Waals surface area (Å²) in [6, 6.07) is 7.87. The molecule has 1 aliphatic heterocycles. The molecule has 2 aromatic heterocycles. The molecule has 158 valence electrons. The van der Waals surface area contributed by atoms with Gasteiger partial charge in [0.05, 0.1) is 7.11 Å². The number of benzene rings is 1. The molecule has 0 spiro atoms. The van der Waals surface area contributed by atoms with Crippen LogP contribution < -0.4 is 15.0 Å². The van der Waals surface area contributed by atoms with Crippen molar-refractivity contribution < 1.29 is 14.1 Å². The van der Waals surface area contributed by atoms with Crippen molar-refractivity contribution in [1.29, 1.82) is 0 Å². The molecule has 0 aliphatic carbocycles. The van der Waals surface area contributed by atoms with Crippen molar-refractivity contribution in [3.05, 3.63) is 30.6 Å². The second kappa shape index (κ2) is 8.69. The first-order chi connectivity index (χ1) is 14.6. The Bertz CT molecular complexity index is 1010. The molecule has 1 amide bonds. The van der Waals surface area contributed by atoms with Gasteiger partial charge >= 0.3 is 0 Å². The lowest BCUT2D eigenvalue weighted by Gasteiger charge is -2.32. The van der Waals surface area contributed by atoms with Gasteiger partial charge in [-0.3, -0.25) is 4.79 Å². The normalized spacial score (nSPS) is 15.9. The summed E-state index contributed by atoms with van der Waals surface area (Å²) >= 11 is 0. The minimum absolute atomic E-state index is 0.0381. The van der Waals surface area contributed by atoms with E-state index in [9.17, 15) is 4.79 Å². The van der Waals surface area contributed by atoms with Crippen LogP contribution in [0.25, 0.3) is 22.4 Å². The van der Waals surface area contributed by atoms with E-state index < -0.39 is 0 Å². The molecule has 0 bridgehead atoms. The summed E-state index contributed by atoms with van der Waals surface area (Å²) < 4.78 is 10.7. The van der Waals surface area contributed by atoms with E-state index >= 15 is 0 Å². The van der Waals surface area contributed by atoms with E-state index in [0.717, 1.165) is 54.9 Å². The molecule has 1 atom stereocenters. The summed E-state index contributed by atoms with van der Waals surface area (Å²) in [5, 5.41) is 8.15. The molecule has 8 heteroatoms. The number of anilines is 1. The lowest BCUT2D eigenvalue weighted by molar-refractivity contribution is -0.126. The van der Waals surface area contributed by atoms with Gasteiger partial charge in [0, 0.05) is 30.6 Å². The van der Waals surface area contributed by atoms with Gasteiger partial charge in [-0.2, -0.15) is 4.98 Å². The van der Waals surface area contributed by atoms with Crippen LogP contribution >= 0.6 is 0 Å². The Morgan fingerprint density at radius 3 is 2.67 bits per heavy atom. The quantitative estimate of drug-likeness (QED) is 0.667. The van der Waals surface area contributed by atoms with Crippen LogP contribution in [0.2, 0.25) is 0 Å². The first kappa shape index (κ1) is 20.1. The summed E-state index contributed by atoms with van der Waals surface area (Å²) in [6.07, 6.45) is 4.02. The molecule has 1 aliphatic rings. The number of nitrogens with one attached hydrogen (secondary N) is 1. The van der Waals surface area contributed by atoms with Crippen LogP contribution in [0, 0.1) is 5.92 Å². The molecule has 1 N–H and O–H groups in total. The second-order valence-electron chi connectivity index (χ2n) is 7.72. The van der Waals surface area contributed by atoms with Crippen LogP contribution in [0.3, 0.4) is 0 Å². The SMILES string of the molecule is CC[C@@H](C)NC(=O)C1CCN(c2ncnc3onc(-c4ccc(OC)cc4)c23)CC1. The Kier molecular flexibility index (Phi) is 5.83. The fraction of sp³-hybridized carbons (Fsp3) is 0.455. The number of nitrogens with zero attached hydrogens (tertiary/aromatic N) is 4. The summed E-state index contributed by atoms with van der Waals surface area (Å²) in [6.45, 7) is 5.61. The number of amides is 1. The van der Waals surface area contributed by atoms with E-state index in [4.69, 9.17) is 9.26 Å². The monoisotopic (exact) mass is 409 g/mol. The van der Waals surface area contributed by atoms with Gasteiger partial charge in [-0.25, -0.2) is 4.98 Å². The molecule has 8 nitrogen and oxygen atoms in total. The maximum absolute atomic E-state index is 12.5. The van der Waals surface area contributed by atoms with Crippen LogP contribution in [0.5, 0.6) is 5.75 Å². The first-order valence-electron chi connectivity index (χ1n) is 10.4. The lowest BCUT2D eigenvalue weighted by atomic mass is 9.95. The molecule has 3 aromatic rings. The zero-order chi connectivity index (χ0) is 21.1. The predicted molar refractivity (Wildman–Crippen MR) is 114 cm³/mol. The highest BCUT2D eigenvalue weighted by molar-refractivity contribution is 5.98. The molecular weight excluding hydrogens is 382 g/mol. The Labute approximate surface area is 175 Å². The van der Waals surface area contributed by atoms with Crippen LogP contribution in [0.15, 0.2) is 35.1 Å². The highest BCUT2D eigenvalue weighted by Crippen LogP contribution is 2.35. The average molecular weight is 409 g/mol. The Hall–Kier alpha value is -3.16. The first-order valence-corrected chi connectivity index (χ1v) is 10.4. The van der Waals surface area contributed by atoms with Crippen LogP contribution in [-0.4, -0.2) is 47.3 Å². The third kappa shape index (κ3) is 3.94. The van der Waals surface area contributed by atoms with Gasteiger partial charge in [0.2, 0.25) is 5.91 Å². The standard InChI is InChI=1S/C22H27N5O3/c1-4-14(2)25-21(28)16-9-11-27(12-10-16)20-18-19(26-30-22(18)24-13-23-20)15-5-7-17(29-3)8-6-15/h5-8,13-14,16H,4,9-12H2,1-3H3,(H,25,28)/t14-/m1/s1. The number of ether oxygens (including phenoxy) is 1. The molecule has 4 rings (SSSR count). The maximum atomic E-state index is 12.5. The molecule has 3 heterocycles. The van der Waals surface area contributed by atoms with Crippen LogP contribution in [0.4, 0.5) is 5.82 Å². The van der Waals surface area contributed by atoms with Gasteiger partial charge in [-0.05, 0) is 50.5 Å². The van der Waals surface area contributed by atoms with Crippen molar-refractivity contribution in [3.63, 3.8) is 0 Å². The minimum Gasteiger partial charge on any atom is -0.497 e. The molecule has 1 fully saturated rings. The fourth-order valence-corrected chi connectivity index (χ4v) is 3.77. The van der Waals surface area contributed by atoms with E-state index in [1.807, 2.05) is 31.2 Å². The molecule has 0 unspecified atom stereocenters. The summed E-state index contributed by atoms with van der Waals surface area (Å²) in [5.41, 5.74) is 2.08. The third-order valence-electron chi connectivity index (χ3n) is 5.78. The maximum Gasteiger partial charge on any atom is 0.263 e.